The first-order valence-corrected chi connectivity index (χ1v) is 3.44. The summed E-state index contributed by atoms with van der Waals surface area (Å²) in [7, 11) is 1.51. The van der Waals surface area contributed by atoms with Crippen LogP contribution in [0.3, 0.4) is 0 Å². The van der Waals surface area contributed by atoms with Gasteiger partial charge in [-0.05, 0) is 0 Å². The molecule has 58 valence electrons. The minimum Gasteiger partial charge on any atom is -0.291 e. The van der Waals surface area contributed by atoms with Crippen molar-refractivity contribution in [2.24, 2.45) is 10.4 Å². The second-order valence-electron chi connectivity index (χ2n) is 3.09. The van der Waals surface area contributed by atoms with E-state index in [1.165, 1.54) is 7.05 Å². The largest absolute Gasteiger partial charge is 0.291 e. The highest BCUT2D eigenvalue weighted by molar-refractivity contribution is 6.83. The highest BCUT2D eigenvalue weighted by atomic mass is 35.5. The second-order valence-corrected chi connectivity index (χ2v) is 3.45. The van der Waals surface area contributed by atoms with E-state index >= 15 is 0 Å². The zero-order valence-electron chi connectivity index (χ0n) is 6.73. The van der Waals surface area contributed by atoms with Crippen molar-refractivity contribution in [1.82, 2.24) is 0 Å². The second kappa shape index (κ2) is 3.15. The number of hydrogen-bond donors (Lipinski definition) is 0. The minimum absolute atomic E-state index is 0.0764. The van der Waals surface area contributed by atoms with E-state index in [9.17, 15) is 4.79 Å². The quantitative estimate of drug-likeness (QED) is 0.540. The van der Waals surface area contributed by atoms with E-state index in [2.05, 4.69) is 4.99 Å². The third-order valence-corrected chi connectivity index (χ3v) is 1.41. The van der Waals surface area contributed by atoms with E-state index in [1.54, 1.807) is 0 Å². The van der Waals surface area contributed by atoms with Crippen molar-refractivity contribution in [3.05, 3.63) is 0 Å². The maximum atomic E-state index is 11.1. The fourth-order valence-electron chi connectivity index (χ4n) is 0.411. The summed E-state index contributed by atoms with van der Waals surface area (Å²) in [6.07, 6.45) is 0. The predicted octanol–water partition coefficient (Wildman–Crippen LogP) is 1.87. The Kier molecular flexibility index (Phi) is 3.03. The highest BCUT2D eigenvalue weighted by Crippen LogP contribution is 2.16. The first kappa shape index (κ1) is 9.63. The lowest BCUT2D eigenvalue weighted by Gasteiger charge is -2.14. The average molecular weight is 162 g/mol. The highest BCUT2D eigenvalue weighted by Gasteiger charge is 2.24. The number of halogens is 1. The number of rotatable bonds is 1. The van der Waals surface area contributed by atoms with Gasteiger partial charge in [-0.1, -0.05) is 32.4 Å². The van der Waals surface area contributed by atoms with Crippen molar-refractivity contribution in [3.63, 3.8) is 0 Å². The monoisotopic (exact) mass is 161 g/mol. The topological polar surface area (TPSA) is 29.4 Å². The van der Waals surface area contributed by atoms with Crippen molar-refractivity contribution in [2.75, 3.05) is 7.05 Å². The first-order valence-electron chi connectivity index (χ1n) is 3.06. The lowest BCUT2D eigenvalue weighted by atomic mass is 9.91. The number of carbonyl (C=O) groups is 1. The van der Waals surface area contributed by atoms with Crippen LogP contribution in [0, 0.1) is 5.41 Å². The standard InChI is InChI=1S/C7H12ClNO/c1-7(2,3)5(10)6(8)9-4/h1-4H3. The molecule has 0 atom stereocenters. The van der Waals surface area contributed by atoms with Crippen LogP contribution < -0.4 is 0 Å². The Morgan fingerprint density at radius 2 is 1.80 bits per heavy atom. The van der Waals surface area contributed by atoms with E-state index in [-0.39, 0.29) is 11.0 Å². The van der Waals surface area contributed by atoms with Crippen LogP contribution in [0.2, 0.25) is 0 Å². The van der Waals surface area contributed by atoms with Crippen molar-refractivity contribution in [2.45, 2.75) is 20.8 Å². The summed E-state index contributed by atoms with van der Waals surface area (Å²) in [5, 5.41) is 0.0764. The van der Waals surface area contributed by atoms with E-state index in [0.717, 1.165) is 0 Å². The van der Waals surface area contributed by atoms with Gasteiger partial charge in [0.25, 0.3) is 0 Å². The lowest BCUT2D eigenvalue weighted by molar-refractivity contribution is -0.119. The van der Waals surface area contributed by atoms with E-state index < -0.39 is 5.41 Å². The van der Waals surface area contributed by atoms with Gasteiger partial charge in [0.2, 0.25) is 0 Å². The van der Waals surface area contributed by atoms with Gasteiger partial charge in [0.15, 0.2) is 11.0 Å². The van der Waals surface area contributed by atoms with Gasteiger partial charge in [0, 0.05) is 12.5 Å². The molecule has 2 nitrogen and oxygen atoms in total. The number of carbonyl (C=O) groups excluding carboxylic acids is 1. The first-order chi connectivity index (χ1) is 4.39. The van der Waals surface area contributed by atoms with Crippen molar-refractivity contribution in [1.29, 1.82) is 0 Å². The maximum Gasteiger partial charge on any atom is 0.197 e. The molecule has 0 aliphatic rings. The molecule has 0 spiro atoms. The number of Topliss-reactive ketones (excluding diaryl/α,β-unsaturated/α-hetero) is 1. The summed E-state index contributed by atoms with van der Waals surface area (Å²) >= 11 is 5.50. The molecule has 0 saturated carbocycles. The number of aliphatic imine (C=N–C) groups is 1. The molecule has 0 rings (SSSR count). The van der Waals surface area contributed by atoms with Gasteiger partial charge in [-0.25, -0.2) is 0 Å². The van der Waals surface area contributed by atoms with E-state index in [4.69, 9.17) is 11.6 Å². The Hall–Kier alpha value is -0.370. The Morgan fingerprint density at radius 1 is 1.40 bits per heavy atom. The Morgan fingerprint density at radius 3 is 1.90 bits per heavy atom. The molecule has 0 unspecified atom stereocenters. The number of hydrogen-bond acceptors (Lipinski definition) is 2. The normalized spacial score (nSPS) is 13.5. The summed E-state index contributed by atoms with van der Waals surface area (Å²) < 4.78 is 0. The summed E-state index contributed by atoms with van der Waals surface area (Å²) in [5.41, 5.74) is -0.420. The summed E-state index contributed by atoms with van der Waals surface area (Å²) in [4.78, 5) is 14.7. The molecule has 0 heterocycles. The van der Waals surface area contributed by atoms with Gasteiger partial charge in [-0.15, -0.1) is 0 Å². The number of nitrogens with zero attached hydrogens (tertiary/aromatic N) is 1. The molecule has 0 bridgehead atoms. The van der Waals surface area contributed by atoms with Crippen LogP contribution in [0.25, 0.3) is 0 Å². The molecule has 3 heteroatoms. The van der Waals surface area contributed by atoms with Crippen LogP contribution in [0.5, 0.6) is 0 Å². The summed E-state index contributed by atoms with van der Waals surface area (Å²) in [6, 6.07) is 0. The average Bonchev–Trinajstić information content (AvgIpc) is 1.83. The molecule has 0 N–H and O–H groups in total. The molecule has 0 aliphatic heterocycles. The van der Waals surface area contributed by atoms with Crippen molar-refractivity contribution >= 4 is 22.6 Å². The molecule has 0 aromatic rings. The Bertz CT molecular complexity index is 167. The molecular weight excluding hydrogens is 150 g/mol. The van der Waals surface area contributed by atoms with Crippen LogP contribution in [-0.4, -0.2) is 18.0 Å². The molecule has 0 amide bonds. The third-order valence-electron chi connectivity index (χ3n) is 1.06. The molecule has 0 aromatic heterocycles. The zero-order valence-corrected chi connectivity index (χ0v) is 7.49. The molecule has 0 aliphatic carbocycles. The van der Waals surface area contributed by atoms with Gasteiger partial charge < -0.3 is 0 Å². The van der Waals surface area contributed by atoms with Crippen LogP contribution in [0.15, 0.2) is 4.99 Å². The molecule has 0 fully saturated rings. The Labute approximate surface area is 66.3 Å². The van der Waals surface area contributed by atoms with Gasteiger partial charge in [0.05, 0.1) is 0 Å². The molecular formula is C7H12ClNO. The van der Waals surface area contributed by atoms with E-state index in [1.807, 2.05) is 20.8 Å². The molecule has 10 heavy (non-hydrogen) atoms. The van der Waals surface area contributed by atoms with Crippen molar-refractivity contribution in [3.8, 4) is 0 Å². The fourth-order valence-corrected chi connectivity index (χ4v) is 0.694. The smallest absolute Gasteiger partial charge is 0.197 e. The lowest BCUT2D eigenvalue weighted by Crippen LogP contribution is -2.25. The number of ketones is 1. The van der Waals surface area contributed by atoms with Gasteiger partial charge in [0.1, 0.15) is 0 Å². The van der Waals surface area contributed by atoms with Crippen LogP contribution in [-0.2, 0) is 4.79 Å². The van der Waals surface area contributed by atoms with Crippen LogP contribution in [0.4, 0.5) is 0 Å². The van der Waals surface area contributed by atoms with Crippen molar-refractivity contribution < 1.29 is 4.79 Å². The van der Waals surface area contributed by atoms with Crippen LogP contribution in [0.1, 0.15) is 20.8 Å². The van der Waals surface area contributed by atoms with Gasteiger partial charge >= 0.3 is 0 Å². The van der Waals surface area contributed by atoms with Gasteiger partial charge in [-0.2, -0.15) is 0 Å². The van der Waals surface area contributed by atoms with Crippen LogP contribution >= 0.6 is 11.6 Å². The third kappa shape index (κ3) is 2.48. The summed E-state index contributed by atoms with van der Waals surface area (Å²) in [5.74, 6) is -0.114. The maximum absolute atomic E-state index is 11.1. The zero-order chi connectivity index (χ0) is 8.36. The van der Waals surface area contributed by atoms with E-state index in [0.29, 0.717) is 0 Å². The molecule has 0 radical (unpaired) electrons. The SMILES string of the molecule is CN=C(Cl)C(=O)C(C)(C)C. The van der Waals surface area contributed by atoms with Gasteiger partial charge in [-0.3, -0.25) is 9.79 Å². The molecule has 0 saturated heterocycles. The molecule has 0 aromatic carbocycles. The summed E-state index contributed by atoms with van der Waals surface area (Å²) in [6.45, 7) is 5.43. The minimum atomic E-state index is -0.420. The Balaban J connectivity index is 4.39. The predicted molar refractivity (Wildman–Crippen MR) is 43.7 cm³/mol. The fraction of sp³-hybridized carbons (Fsp3) is 0.714.